The predicted molar refractivity (Wildman–Crippen MR) is 74.1 cm³/mol. The molecule has 108 valence electrons. The smallest absolute Gasteiger partial charge is 0.315 e. The molecule has 0 aliphatic carbocycles. The van der Waals surface area contributed by atoms with Gasteiger partial charge in [-0.15, -0.1) is 0 Å². The van der Waals surface area contributed by atoms with Gasteiger partial charge in [0, 0.05) is 24.0 Å². The van der Waals surface area contributed by atoms with Crippen LogP contribution in [0.1, 0.15) is 25.7 Å². The predicted octanol–water partition coefficient (Wildman–Crippen LogP) is -0.179. The summed E-state index contributed by atoms with van der Waals surface area (Å²) in [4.78, 5) is 22.5. The number of urea groups is 1. The summed E-state index contributed by atoms with van der Waals surface area (Å²) in [5, 5.41) is 17.6. The lowest BCUT2D eigenvalue weighted by Gasteiger charge is -2.16. The summed E-state index contributed by atoms with van der Waals surface area (Å²) in [7, 11) is 0. The third-order valence-corrected chi connectivity index (χ3v) is 5.02. The van der Waals surface area contributed by atoms with Crippen molar-refractivity contribution in [2.24, 2.45) is 0 Å². The van der Waals surface area contributed by atoms with Crippen molar-refractivity contribution in [3.8, 4) is 0 Å². The molecule has 0 aromatic rings. The quantitative estimate of drug-likeness (QED) is 0.386. The van der Waals surface area contributed by atoms with Crippen molar-refractivity contribution in [1.29, 1.82) is 0 Å². The molecule has 19 heavy (non-hydrogen) atoms. The molecule has 0 aromatic carbocycles. The van der Waals surface area contributed by atoms with Gasteiger partial charge in [0.1, 0.15) is 0 Å². The number of thioether (sulfide) groups is 1. The van der Waals surface area contributed by atoms with Gasteiger partial charge in [0.25, 0.3) is 0 Å². The molecule has 0 bridgehead atoms. The van der Waals surface area contributed by atoms with Crippen molar-refractivity contribution in [2.75, 3.05) is 18.9 Å². The SMILES string of the molecule is O=C(CCCC[C@@H]1SCC2NC(=O)NC21)NCCO. The number of fused-ring (bicyclic) bond motifs is 1. The molecule has 0 spiro atoms. The zero-order chi connectivity index (χ0) is 13.7. The van der Waals surface area contributed by atoms with Crippen LogP contribution in [-0.4, -0.2) is 53.3 Å². The van der Waals surface area contributed by atoms with Gasteiger partial charge in [-0.2, -0.15) is 11.8 Å². The highest BCUT2D eigenvalue weighted by Gasteiger charge is 2.42. The van der Waals surface area contributed by atoms with Gasteiger partial charge < -0.3 is 21.1 Å². The fourth-order valence-electron chi connectivity index (χ4n) is 2.56. The summed E-state index contributed by atoms with van der Waals surface area (Å²) in [6.07, 6.45) is 3.38. The number of aliphatic hydroxyl groups is 1. The van der Waals surface area contributed by atoms with E-state index in [2.05, 4.69) is 16.0 Å². The molecule has 6 nitrogen and oxygen atoms in total. The molecule has 2 unspecified atom stereocenters. The zero-order valence-corrected chi connectivity index (χ0v) is 11.7. The third kappa shape index (κ3) is 4.01. The molecule has 2 fully saturated rings. The molecule has 3 amide bonds. The second-order valence-electron chi connectivity index (χ2n) is 4.94. The minimum Gasteiger partial charge on any atom is -0.395 e. The number of amides is 3. The molecule has 2 saturated heterocycles. The molecule has 2 heterocycles. The van der Waals surface area contributed by atoms with Crippen LogP contribution in [0.25, 0.3) is 0 Å². The Bertz CT molecular complexity index is 340. The summed E-state index contributed by atoms with van der Waals surface area (Å²) in [6, 6.07) is 0.472. The average Bonchev–Trinajstić information content (AvgIpc) is 2.92. The molecule has 2 aliphatic rings. The van der Waals surface area contributed by atoms with E-state index in [9.17, 15) is 9.59 Å². The van der Waals surface area contributed by atoms with Crippen LogP contribution >= 0.6 is 11.8 Å². The molecule has 4 N–H and O–H groups in total. The van der Waals surface area contributed by atoms with Crippen molar-refractivity contribution in [2.45, 2.75) is 43.0 Å². The second-order valence-corrected chi connectivity index (χ2v) is 6.21. The topological polar surface area (TPSA) is 90.5 Å². The van der Waals surface area contributed by atoms with Crippen LogP contribution in [0, 0.1) is 0 Å². The molecule has 2 aliphatic heterocycles. The van der Waals surface area contributed by atoms with Crippen molar-refractivity contribution in [3.63, 3.8) is 0 Å². The van der Waals surface area contributed by atoms with Gasteiger partial charge in [0.2, 0.25) is 5.91 Å². The van der Waals surface area contributed by atoms with E-state index >= 15 is 0 Å². The number of nitrogens with one attached hydrogen (secondary N) is 3. The first-order valence-corrected chi connectivity index (χ1v) is 7.82. The maximum atomic E-state index is 11.3. The first kappa shape index (κ1) is 14.5. The first-order chi connectivity index (χ1) is 9.20. The van der Waals surface area contributed by atoms with E-state index < -0.39 is 0 Å². The Labute approximate surface area is 117 Å². The number of carbonyl (C=O) groups excluding carboxylic acids is 2. The molecule has 3 atom stereocenters. The van der Waals surface area contributed by atoms with E-state index in [1.54, 1.807) is 0 Å². The van der Waals surface area contributed by atoms with E-state index in [4.69, 9.17) is 5.11 Å². The summed E-state index contributed by atoms with van der Waals surface area (Å²) >= 11 is 1.90. The Morgan fingerprint density at radius 3 is 3.05 bits per heavy atom. The summed E-state index contributed by atoms with van der Waals surface area (Å²) in [6.45, 7) is 0.318. The number of carbonyl (C=O) groups is 2. The van der Waals surface area contributed by atoms with Crippen molar-refractivity contribution < 1.29 is 14.7 Å². The first-order valence-electron chi connectivity index (χ1n) is 6.77. The van der Waals surface area contributed by atoms with Gasteiger partial charge in [-0.05, 0) is 12.8 Å². The van der Waals surface area contributed by atoms with Gasteiger partial charge in [0.05, 0.1) is 18.7 Å². The van der Waals surface area contributed by atoms with Crippen molar-refractivity contribution in [3.05, 3.63) is 0 Å². The van der Waals surface area contributed by atoms with Crippen LogP contribution in [0.15, 0.2) is 0 Å². The maximum absolute atomic E-state index is 11.3. The minimum absolute atomic E-state index is 0.00170. The van der Waals surface area contributed by atoms with E-state index in [1.165, 1.54) is 0 Å². The summed E-state index contributed by atoms with van der Waals surface area (Å²) in [5.41, 5.74) is 0. The monoisotopic (exact) mass is 287 g/mol. The Balaban J connectivity index is 1.59. The van der Waals surface area contributed by atoms with E-state index in [-0.39, 0.29) is 30.6 Å². The maximum Gasteiger partial charge on any atom is 0.315 e. The van der Waals surface area contributed by atoms with Crippen LogP contribution in [-0.2, 0) is 4.79 Å². The standard InChI is InChI=1S/C12H21N3O3S/c16-6-5-13-10(17)4-2-1-3-9-11-8(7-19-9)14-12(18)15-11/h8-9,11,16H,1-7H2,(H,13,17)(H2,14,15,18)/t8?,9-,11?/m0/s1. The van der Waals surface area contributed by atoms with Gasteiger partial charge in [-0.3, -0.25) is 4.79 Å². The van der Waals surface area contributed by atoms with E-state index in [0.717, 1.165) is 25.0 Å². The lowest BCUT2D eigenvalue weighted by molar-refractivity contribution is -0.121. The number of unbranched alkanes of at least 4 members (excludes halogenated alkanes) is 1. The lowest BCUT2D eigenvalue weighted by Crippen LogP contribution is -2.36. The minimum atomic E-state index is -0.0521. The lowest BCUT2D eigenvalue weighted by atomic mass is 10.0. The normalized spacial score (nSPS) is 28.7. The summed E-state index contributed by atoms with van der Waals surface area (Å²) in [5.74, 6) is 0.979. The van der Waals surface area contributed by atoms with Gasteiger partial charge >= 0.3 is 6.03 Å². The third-order valence-electron chi connectivity index (χ3n) is 3.51. The second kappa shape index (κ2) is 7.00. The highest BCUT2D eigenvalue weighted by Crippen LogP contribution is 2.33. The highest BCUT2D eigenvalue weighted by atomic mass is 32.2. The van der Waals surface area contributed by atoms with Crippen LogP contribution in [0.4, 0.5) is 4.79 Å². The Hall–Kier alpha value is -0.950. The Kier molecular flexibility index (Phi) is 5.33. The fourth-order valence-corrected chi connectivity index (χ4v) is 4.10. The van der Waals surface area contributed by atoms with Gasteiger partial charge in [-0.1, -0.05) is 6.42 Å². The average molecular weight is 287 g/mol. The van der Waals surface area contributed by atoms with Crippen LogP contribution in [0.3, 0.4) is 0 Å². The zero-order valence-electron chi connectivity index (χ0n) is 10.9. The Morgan fingerprint density at radius 1 is 1.42 bits per heavy atom. The van der Waals surface area contributed by atoms with Crippen LogP contribution < -0.4 is 16.0 Å². The van der Waals surface area contributed by atoms with Crippen LogP contribution in [0.5, 0.6) is 0 Å². The summed E-state index contributed by atoms with van der Waals surface area (Å²) < 4.78 is 0. The van der Waals surface area contributed by atoms with Crippen molar-refractivity contribution in [1.82, 2.24) is 16.0 Å². The van der Waals surface area contributed by atoms with Gasteiger partial charge in [0.15, 0.2) is 0 Å². The molecular weight excluding hydrogens is 266 g/mol. The fraction of sp³-hybridized carbons (Fsp3) is 0.833. The molecule has 0 radical (unpaired) electrons. The Morgan fingerprint density at radius 2 is 2.26 bits per heavy atom. The molecular formula is C12H21N3O3S. The number of hydrogen-bond donors (Lipinski definition) is 4. The molecule has 7 heteroatoms. The highest BCUT2D eigenvalue weighted by molar-refractivity contribution is 8.00. The number of aliphatic hydroxyl groups excluding tert-OH is 1. The van der Waals surface area contributed by atoms with Crippen molar-refractivity contribution >= 4 is 23.7 Å². The van der Waals surface area contributed by atoms with Gasteiger partial charge in [-0.25, -0.2) is 4.79 Å². The molecule has 0 saturated carbocycles. The number of hydrogen-bond acceptors (Lipinski definition) is 4. The van der Waals surface area contributed by atoms with Crippen LogP contribution in [0.2, 0.25) is 0 Å². The number of rotatable bonds is 7. The van der Waals surface area contributed by atoms with E-state index in [1.807, 2.05) is 11.8 Å². The molecule has 0 aromatic heterocycles. The largest absolute Gasteiger partial charge is 0.395 e. The molecule has 2 rings (SSSR count). The van der Waals surface area contributed by atoms with E-state index in [0.29, 0.717) is 18.2 Å².